The van der Waals surface area contributed by atoms with Gasteiger partial charge in [-0.2, -0.15) is 9.97 Å². The number of halogens is 1. The molecular formula is C37H39FN6O4. The maximum Gasteiger partial charge on any atom is 0.319 e. The normalized spacial score (nSPS) is 22.3. The number of phenolic OH excluding ortho intramolecular Hbond substituents is 1. The van der Waals surface area contributed by atoms with Crippen molar-refractivity contribution in [3.8, 4) is 35.4 Å². The molecular weight excluding hydrogens is 611 g/mol. The lowest BCUT2D eigenvalue weighted by atomic mass is 9.95. The fourth-order valence-corrected chi connectivity index (χ4v) is 7.87. The van der Waals surface area contributed by atoms with Gasteiger partial charge >= 0.3 is 6.01 Å². The molecule has 2 atom stereocenters. The number of terminal acetylenes is 1. The van der Waals surface area contributed by atoms with Crippen LogP contribution in [0, 0.1) is 18.2 Å². The van der Waals surface area contributed by atoms with E-state index in [2.05, 4.69) is 32.7 Å². The Morgan fingerprint density at radius 1 is 1.23 bits per heavy atom. The molecule has 2 aromatic carbocycles. The van der Waals surface area contributed by atoms with Crippen molar-refractivity contribution in [2.75, 3.05) is 37.7 Å². The number of nitrogens with one attached hydrogen (secondary N) is 1. The minimum atomic E-state index is -1.06. The summed E-state index contributed by atoms with van der Waals surface area (Å²) in [5.74, 6) is 1.94. The second kappa shape index (κ2) is 12.3. The monoisotopic (exact) mass is 650 g/mol. The molecule has 48 heavy (non-hydrogen) atoms. The molecule has 3 aliphatic heterocycles. The van der Waals surface area contributed by atoms with Crippen LogP contribution < -0.4 is 15.0 Å². The van der Waals surface area contributed by atoms with Gasteiger partial charge in [-0.25, -0.2) is 4.39 Å². The number of phenols is 1. The molecule has 0 radical (unpaired) electrons. The van der Waals surface area contributed by atoms with Gasteiger partial charge < -0.3 is 25.2 Å². The van der Waals surface area contributed by atoms with Crippen LogP contribution >= 0.6 is 0 Å². The zero-order chi connectivity index (χ0) is 33.6. The van der Waals surface area contributed by atoms with Crippen molar-refractivity contribution < 1.29 is 24.1 Å². The summed E-state index contributed by atoms with van der Waals surface area (Å²) in [6.07, 6.45) is 13.5. The highest BCUT2D eigenvalue weighted by Gasteiger charge is 2.45. The minimum Gasteiger partial charge on any atom is -0.508 e. The van der Waals surface area contributed by atoms with Gasteiger partial charge in [-0.1, -0.05) is 24.6 Å². The summed E-state index contributed by atoms with van der Waals surface area (Å²) in [5, 5.41) is 26.2. The number of amides is 1. The smallest absolute Gasteiger partial charge is 0.319 e. The predicted molar refractivity (Wildman–Crippen MR) is 182 cm³/mol. The van der Waals surface area contributed by atoms with Gasteiger partial charge in [-0.05, 0) is 88.2 Å². The molecule has 3 aliphatic rings. The lowest BCUT2D eigenvalue weighted by Gasteiger charge is -2.31. The van der Waals surface area contributed by atoms with E-state index in [4.69, 9.17) is 16.1 Å². The van der Waals surface area contributed by atoms with Gasteiger partial charge in [-0.3, -0.25) is 14.7 Å². The molecule has 3 fully saturated rings. The maximum absolute atomic E-state index is 17.0. The summed E-state index contributed by atoms with van der Waals surface area (Å²) in [4.78, 5) is 30.8. The fourth-order valence-electron chi connectivity index (χ4n) is 7.87. The van der Waals surface area contributed by atoms with Crippen molar-refractivity contribution in [1.29, 1.82) is 0 Å². The van der Waals surface area contributed by atoms with Crippen molar-refractivity contribution >= 4 is 33.4 Å². The van der Waals surface area contributed by atoms with Crippen LogP contribution in [0.5, 0.6) is 11.8 Å². The minimum absolute atomic E-state index is 0.00423. The summed E-state index contributed by atoms with van der Waals surface area (Å²) >= 11 is 0. The van der Waals surface area contributed by atoms with Gasteiger partial charge in [0.1, 0.15) is 29.4 Å². The van der Waals surface area contributed by atoms with Crippen LogP contribution in [0.2, 0.25) is 0 Å². The molecule has 0 unspecified atom stereocenters. The van der Waals surface area contributed by atoms with E-state index in [0.29, 0.717) is 65.6 Å². The maximum atomic E-state index is 17.0. The number of carbonyl (C=O) groups is 1. The highest BCUT2D eigenvalue weighted by molar-refractivity contribution is 6.02. The van der Waals surface area contributed by atoms with Gasteiger partial charge in [0, 0.05) is 41.8 Å². The average molecular weight is 651 g/mol. The molecule has 0 aliphatic carbocycles. The van der Waals surface area contributed by atoms with Crippen molar-refractivity contribution in [2.24, 2.45) is 0 Å². The van der Waals surface area contributed by atoms with E-state index in [1.54, 1.807) is 31.2 Å². The van der Waals surface area contributed by atoms with Crippen molar-refractivity contribution in [2.45, 2.75) is 62.6 Å². The quantitative estimate of drug-likeness (QED) is 0.193. The molecule has 3 saturated heterocycles. The first kappa shape index (κ1) is 31.8. The number of aromatic nitrogens is 3. The summed E-state index contributed by atoms with van der Waals surface area (Å²) < 4.78 is 23.3. The van der Waals surface area contributed by atoms with Gasteiger partial charge in [0.05, 0.1) is 16.5 Å². The highest BCUT2D eigenvalue weighted by atomic mass is 19.1. The van der Waals surface area contributed by atoms with Crippen LogP contribution in [0.15, 0.2) is 49.2 Å². The second-order valence-corrected chi connectivity index (χ2v) is 13.6. The number of benzene rings is 2. The van der Waals surface area contributed by atoms with Crippen LogP contribution in [-0.4, -0.2) is 85.9 Å². The molecule has 11 heteroatoms. The van der Waals surface area contributed by atoms with E-state index in [1.165, 1.54) is 18.3 Å². The summed E-state index contributed by atoms with van der Waals surface area (Å²) in [6, 6.07) is 7.98. The zero-order valence-electron chi connectivity index (χ0n) is 27.0. The standard InChI is InChI=1S/C37H39FN6O4/c1-4-23-9-6-10-24-17-26(45)18-27(30(23)24)32-31(38)33-28(20-39-32)34(43-16-13-36(3,47)19-25(21-43)40-29(46)5-2)42-35(41-33)48-22-37-11-7-14-44(37)15-8-12-37/h1,5-6,9-10,17-18,20,25,45,47H,2,7-8,11-16,19,21-22H2,3H3,(H,40,46)/t25-,36+/m1/s1. The number of rotatable bonds is 7. The first-order valence-corrected chi connectivity index (χ1v) is 16.5. The number of hydrogen-bond acceptors (Lipinski definition) is 9. The first-order chi connectivity index (χ1) is 23.1. The average Bonchev–Trinajstić information content (AvgIpc) is 3.61. The summed E-state index contributed by atoms with van der Waals surface area (Å²) in [7, 11) is 0. The van der Waals surface area contributed by atoms with Gasteiger partial charge in [0.15, 0.2) is 5.82 Å². The number of pyridine rings is 1. The van der Waals surface area contributed by atoms with E-state index in [1.807, 2.05) is 4.90 Å². The molecule has 248 valence electrons. The number of hydrogen-bond donors (Lipinski definition) is 3. The predicted octanol–water partition coefficient (Wildman–Crippen LogP) is 4.70. The molecule has 10 nitrogen and oxygen atoms in total. The summed E-state index contributed by atoms with van der Waals surface area (Å²) in [6.45, 7) is 8.41. The molecule has 0 spiro atoms. The number of carbonyl (C=O) groups excluding carboxylic acids is 1. The van der Waals surface area contributed by atoms with E-state index < -0.39 is 17.5 Å². The van der Waals surface area contributed by atoms with Crippen LogP contribution in [0.4, 0.5) is 10.2 Å². The topological polar surface area (TPSA) is 124 Å². The Balaban J connectivity index is 1.37. The number of fused-ring (bicyclic) bond motifs is 3. The fraction of sp³-hybridized carbons (Fsp3) is 0.405. The summed E-state index contributed by atoms with van der Waals surface area (Å²) in [5.41, 5.74) is -0.292. The molecule has 3 N–H and O–H groups in total. The Morgan fingerprint density at radius 3 is 2.77 bits per heavy atom. The Hall–Kier alpha value is -4.79. The molecule has 0 saturated carbocycles. The molecule has 1 amide bonds. The van der Waals surface area contributed by atoms with Crippen LogP contribution in [0.1, 0.15) is 51.0 Å². The highest BCUT2D eigenvalue weighted by Crippen LogP contribution is 2.41. The Morgan fingerprint density at radius 2 is 2.02 bits per heavy atom. The molecule has 7 rings (SSSR count). The third kappa shape index (κ3) is 5.80. The molecule has 0 bridgehead atoms. The number of aromatic hydroxyl groups is 1. The lowest BCUT2D eigenvalue weighted by Crippen LogP contribution is -2.44. The molecule has 4 aromatic rings. The Kier molecular flexibility index (Phi) is 8.17. The Labute approximate surface area is 278 Å². The van der Waals surface area contributed by atoms with E-state index in [-0.39, 0.29) is 34.4 Å². The van der Waals surface area contributed by atoms with Gasteiger partial charge in [-0.15, -0.1) is 6.42 Å². The van der Waals surface area contributed by atoms with E-state index in [9.17, 15) is 15.0 Å². The van der Waals surface area contributed by atoms with Crippen molar-refractivity contribution in [1.82, 2.24) is 25.2 Å². The van der Waals surface area contributed by atoms with Gasteiger partial charge in [0.25, 0.3) is 0 Å². The largest absolute Gasteiger partial charge is 0.508 e. The molecule has 2 aromatic heterocycles. The SMILES string of the molecule is C#Cc1cccc2cc(O)cc(-c3ncc4c(N5CC[C@](C)(O)C[C@@H](NC(=O)C=C)C5)nc(OCC56CCCN5CCC6)nc4c3F)c12. The number of nitrogens with zero attached hydrogens (tertiary/aromatic N) is 5. The third-order valence-electron chi connectivity index (χ3n) is 10.2. The third-order valence-corrected chi connectivity index (χ3v) is 10.2. The number of aliphatic hydroxyl groups is 1. The Bertz CT molecular complexity index is 1960. The van der Waals surface area contributed by atoms with Crippen LogP contribution in [0.25, 0.3) is 32.9 Å². The first-order valence-electron chi connectivity index (χ1n) is 16.5. The number of anilines is 1. The van der Waals surface area contributed by atoms with E-state index >= 15 is 4.39 Å². The lowest BCUT2D eigenvalue weighted by molar-refractivity contribution is -0.117. The second-order valence-electron chi connectivity index (χ2n) is 13.6. The van der Waals surface area contributed by atoms with Crippen molar-refractivity contribution in [3.63, 3.8) is 0 Å². The van der Waals surface area contributed by atoms with Crippen LogP contribution in [-0.2, 0) is 4.79 Å². The molecule has 5 heterocycles. The van der Waals surface area contributed by atoms with Crippen LogP contribution in [0.3, 0.4) is 0 Å². The zero-order valence-corrected chi connectivity index (χ0v) is 27.0. The van der Waals surface area contributed by atoms with E-state index in [0.717, 1.165) is 38.8 Å². The van der Waals surface area contributed by atoms with Crippen molar-refractivity contribution in [3.05, 3.63) is 60.6 Å². The van der Waals surface area contributed by atoms with Gasteiger partial charge in [0.2, 0.25) is 5.91 Å². The number of ether oxygens (including phenoxy) is 1.